The lowest BCUT2D eigenvalue weighted by molar-refractivity contribution is -0.183. The quantitative estimate of drug-likeness (QED) is 0.474. The molecule has 0 spiro atoms. The fourth-order valence-electron chi connectivity index (χ4n) is 1.81. The number of rotatable bonds is 1. The number of hydrogen-bond donors (Lipinski definition) is 0. The molecule has 3 heteroatoms. The van der Waals surface area contributed by atoms with Gasteiger partial charge in [-0.05, 0) is 26.2 Å². The van der Waals surface area contributed by atoms with Crippen LogP contribution in [0.15, 0.2) is 24.0 Å². The topological polar surface area (TPSA) is 35.5 Å². The first kappa shape index (κ1) is 9.31. The van der Waals surface area contributed by atoms with Crippen LogP contribution in [-0.2, 0) is 14.3 Å². The Balaban J connectivity index is 2.02. The summed E-state index contributed by atoms with van der Waals surface area (Å²) in [6.45, 7) is 1.78. The van der Waals surface area contributed by atoms with E-state index in [0.29, 0.717) is 11.7 Å². The second-order valence-electron chi connectivity index (χ2n) is 3.72. The first-order valence-corrected chi connectivity index (χ1v) is 4.96. The fraction of sp³-hybridized carbons (Fsp3) is 0.545. The monoisotopic (exact) mass is 194 g/mol. The molecule has 1 aliphatic carbocycles. The zero-order valence-electron chi connectivity index (χ0n) is 8.23. The number of allylic oxidation sites excluding steroid dienone is 3. The fourth-order valence-corrected chi connectivity index (χ4v) is 1.81. The molecule has 0 saturated heterocycles. The molecule has 0 radical (unpaired) electrons. The van der Waals surface area contributed by atoms with Crippen molar-refractivity contribution >= 4 is 5.97 Å². The molecule has 1 aliphatic heterocycles. The van der Waals surface area contributed by atoms with Gasteiger partial charge < -0.3 is 9.47 Å². The summed E-state index contributed by atoms with van der Waals surface area (Å²) in [6, 6.07) is 0. The average Bonchev–Trinajstić information content (AvgIpc) is 2.18. The van der Waals surface area contributed by atoms with Gasteiger partial charge in [0.15, 0.2) is 0 Å². The van der Waals surface area contributed by atoms with Gasteiger partial charge in [0.25, 0.3) is 0 Å². The number of cyclic esters (lactones) is 1. The Morgan fingerprint density at radius 3 is 2.86 bits per heavy atom. The molecule has 1 heterocycles. The SMILES string of the molecule is CC1=CC(=O)OC(C2CC=CCC2)O1. The molecule has 0 aromatic rings. The van der Waals surface area contributed by atoms with Crippen LogP contribution >= 0.6 is 0 Å². The van der Waals surface area contributed by atoms with Crippen molar-refractivity contribution in [2.45, 2.75) is 32.5 Å². The summed E-state index contributed by atoms with van der Waals surface area (Å²) in [7, 11) is 0. The normalized spacial score (nSPS) is 31.8. The van der Waals surface area contributed by atoms with E-state index in [0.717, 1.165) is 19.3 Å². The maximum atomic E-state index is 11.1. The van der Waals surface area contributed by atoms with Gasteiger partial charge in [-0.25, -0.2) is 4.79 Å². The third kappa shape index (κ3) is 1.97. The Morgan fingerprint density at radius 1 is 1.36 bits per heavy atom. The third-order valence-electron chi connectivity index (χ3n) is 2.55. The Labute approximate surface area is 83.4 Å². The maximum absolute atomic E-state index is 11.1. The van der Waals surface area contributed by atoms with Crippen LogP contribution in [0.1, 0.15) is 26.2 Å². The highest BCUT2D eigenvalue weighted by atomic mass is 16.7. The van der Waals surface area contributed by atoms with Crippen molar-refractivity contribution in [3.05, 3.63) is 24.0 Å². The summed E-state index contributed by atoms with van der Waals surface area (Å²) in [5.74, 6) is 0.682. The molecule has 0 saturated carbocycles. The predicted molar refractivity (Wildman–Crippen MR) is 51.2 cm³/mol. The first-order chi connectivity index (χ1) is 6.75. The standard InChI is InChI=1S/C11H14O3/c1-8-7-10(12)14-11(13-8)9-5-3-2-4-6-9/h2-3,7,9,11H,4-6H2,1H3. The van der Waals surface area contributed by atoms with Gasteiger partial charge >= 0.3 is 5.97 Å². The zero-order chi connectivity index (χ0) is 9.97. The van der Waals surface area contributed by atoms with E-state index in [-0.39, 0.29) is 12.3 Å². The van der Waals surface area contributed by atoms with Gasteiger partial charge in [0.1, 0.15) is 5.76 Å². The average molecular weight is 194 g/mol. The van der Waals surface area contributed by atoms with E-state index in [4.69, 9.17) is 9.47 Å². The number of esters is 1. The van der Waals surface area contributed by atoms with Crippen LogP contribution in [0, 0.1) is 5.92 Å². The molecule has 76 valence electrons. The smallest absolute Gasteiger partial charge is 0.337 e. The van der Waals surface area contributed by atoms with Crippen molar-refractivity contribution in [3.63, 3.8) is 0 Å². The third-order valence-corrected chi connectivity index (χ3v) is 2.55. The van der Waals surface area contributed by atoms with Gasteiger partial charge in [0, 0.05) is 5.92 Å². The van der Waals surface area contributed by atoms with E-state index in [1.807, 2.05) is 0 Å². The van der Waals surface area contributed by atoms with Crippen molar-refractivity contribution in [1.82, 2.24) is 0 Å². The van der Waals surface area contributed by atoms with E-state index in [1.54, 1.807) is 6.92 Å². The Hall–Kier alpha value is -1.25. The molecule has 0 bridgehead atoms. The molecule has 0 N–H and O–H groups in total. The molecular weight excluding hydrogens is 180 g/mol. The lowest BCUT2D eigenvalue weighted by Crippen LogP contribution is -2.32. The summed E-state index contributed by atoms with van der Waals surface area (Å²) in [4.78, 5) is 11.1. The van der Waals surface area contributed by atoms with Crippen LogP contribution in [0.5, 0.6) is 0 Å². The van der Waals surface area contributed by atoms with Crippen molar-refractivity contribution < 1.29 is 14.3 Å². The van der Waals surface area contributed by atoms with Crippen LogP contribution in [0.4, 0.5) is 0 Å². The molecule has 2 atom stereocenters. The van der Waals surface area contributed by atoms with Crippen LogP contribution in [-0.4, -0.2) is 12.3 Å². The van der Waals surface area contributed by atoms with Gasteiger partial charge in [-0.1, -0.05) is 12.2 Å². The Kier molecular flexibility index (Phi) is 2.57. The molecule has 3 nitrogen and oxygen atoms in total. The molecule has 14 heavy (non-hydrogen) atoms. The highest BCUT2D eigenvalue weighted by Gasteiger charge is 2.29. The molecule has 2 aliphatic rings. The summed E-state index contributed by atoms with van der Waals surface area (Å²) in [5.41, 5.74) is 0. The minimum absolute atomic E-state index is 0.284. The number of carbonyl (C=O) groups excluding carboxylic acids is 1. The highest BCUT2D eigenvalue weighted by molar-refractivity contribution is 5.83. The maximum Gasteiger partial charge on any atom is 0.337 e. The van der Waals surface area contributed by atoms with Gasteiger partial charge in [-0.2, -0.15) is 0 Å². The first-order valence-electron chi connectivity index (χ1n) is 4.96. The van der Waals surface area contributed by atoms with Crippen molar-refractivity contribution in [3.8, 4) is 0 Å². The van der Waals surface area contributed by atoms with Crippen LogP contribution in [0.25, 0.3) is 0 Å². The molecule has 2 rings (SSSR count). The van der Waals surface area contributed by atoms with Gasteiger partial charge in [0.2, 0.25) is 6.29 Å². The number of ether oxygens (including phenoxy) is 2. The largest absolute Gasteiger partial charge is 0.459 e. The highest BCUT2D eigenvalue weighted by Crippen LogP contribution is 2.27. The number of hydrogen-bond acceptors (Lipinski definition) is 3. The number of carbonyl (C=O) groups is 1. The van der Waals surface area contributed by atoms with Crippen molar-refractivity contribution in [2.24, 2.45) is 5.92 Å². The molecule has 0 aromatic carbocycles. The summed E-state index contributed by atoms with van der Waals surface area (Å²) in [6.07, 6.45) is 8.30. The predicted octanol–water partition coefficient (Wildman–Crippen LogP) is 2.15. The molecule has 2 unspecified atom stereocenters. The van der Waals surface area contributed by atoms with Crippen molar-refractivity contribution in [2.75, 3.05) is 0 Å². The van der Waals surface area contributed by atoms with Gasteiger partial charge in [-0.3, -0.25) is 0 Å². The molecule has 0 fully saturated rings. The van der Waals surface area contributed by atoms with E-state index < -0.39 is 0 Å². The van der Waals surface area contributed by atoms with Gasteiger partial charge in [-0.15, -0.1) is 0 Å². The van der Waals surface area contributed by atoms with Gasteiger partial charge in [0.05, 0.1) is 6.08 Å². The zero-order valence-corrected chi connectivity index (χ0v) is 8.23. The summed E-state index contributed by atoms with van der Waals surface area (Å²) >= 11 is 0. The van der Waals surface area contributed by atoms with Crippen LogP contribution in [0.2, 0.25) is 0 Å². The minimum Gasteiger partial charge on any atom is -0.459 e. The second-order valence-corrected chi connectivity index (χ2v) is 3.72. The minimum atomic E-state index is -0.377. The lowest BCUT2D eigenvalue weighted by atomic mass is 9.93. The van der Waals surface area contributed by atoms with Crippen LogP contribution in [0.3, 0.4) is 0 Å². The Bertz CT molecular complexity index is 291. The van der Waals surface area contributed by atoms with E-state index in [1.165, 1.54) is 6.08 Å². The molecule has 0 aromatic heterocycles. The second kappa shape index (κ2) is 3.86. The molecule has 0 amide bonds. The van der Waals surface area contributed by atoms with Crippen LogP contribution < -0.4 is 0 Å². The lowest BCUT2D eigenvalue weighted by Gasteiger charge is -2.30. The summed E-state index contributed by atoms with van der Waals surface area (Å²) in [5, 5.41) is 0. The van der Waals surface area contributed by atoms with E-state index >= 15 is 0 Å². The van der Waals surface area contributed by atoms with Crippen molar-refractivity contribution in [1.29, 1.82) is 0 Å². The molecular formula is C11H14O3. The van der Waals surface area contributed by atoms with E-state index in [9.17, 15) is 4.79 Å². The summed E-state index contributed by atoms with van der Waals surface area (Å²) < 4.78 is 10.6. The Morgan fingerprint density at radius 2 is 2.21 bits per heavy atom. The van der Waals surface area contributed by atoms with E-state index in [2.05, 4.69) is 12.2 Å².